The summed E-state index contributed by atoms with van der Waals surface area (Å²) in [7, 11) is 0. The van der Waals surface area contributed by atoms with Gasteiger partial charge in [-0.2, -0.15) is 13.2 Å². The van der Waals surface area contributed by atoms with E-state index < -0.39 is 10.7 Å². The van der Waals surface area contributed by atoms with Gasteiger partial charge in [-0.05, 0) is 0 Å². The number of hydrogen-bond acceptors (Lipinski definition) is 1. The monoisotopic (exact) mass is 202 g/mol. The van der Waals surface area contributed by atoms with Crippen LogP contribution >= 0.6 is 27.2 Å². The maximum atomic E-state index is 11.2. The summed E-state index contributed by atoms with van der Waals surface area (Å²) in [6, 6.07) is 0. The van der Waals surface area contributed by atoms with Gasteiger partial charge in [0, 0.05) is 0 Å². The first-order valence-electron chi connectivity index (χ1n) is 1.31. The number of halogens is 5. The zero-order valence-electron chi connectivity index (χ0n) is 3.25. The van der Waals surface area contributed by atoms with Gasteiger partial charge in [-0.1, -0.05) is 34.3 Å². The smallest absolute Gasteiger partial charge is 0.164 e. The maximum absolute atomic E-state index is 11.2. The van der Waals surface area contributed by atoms with Crippen LogP contribution in [0.2, 0.25) is 0 Å². The summed E-state index contributed by atoms with van der Waals surface area (Å²) in [4.78, 5) is 0. The van der Waals surface area contributed by atoms with Crippen molar-refractivity contribution in [1.82, 2.24) is 0 Å². The standard InChI is InChI=1S/CCl2F3PS/c2-7(3,8)1(4,5)6. The van der Waals surface area contributed by atoms with Crippen LogP contribution < -0.4 is 0 Å². The normalized spacial score (nSPS) is 14.1. The minimum atomic E-state index is -4.61. The molecule has 0 heterocycles. The third-order valence-electron chi connectivity index (χ3n) is 0.295. The average molecular weight is 203 g/mol. The van der Waals surface area contributed by atoms with Gasteiger partial charge in [0.25, 0.3) is 0 Å². The summed E-state index contributed by atoms with van der Waals surface area (Å²) in [6.07, 6.45) is 0. The van der Waals surface area contributed by atoms with Crippen molar-refractivity contribution < 1.29 is 13.2 Å². The molecule has 0 aromatic carbocycles. The molecule has 0 spiro atoms. The Bertz CT molecular complexity index is 124. The van der Waals surface area contributed by atoms with Gasteiger partial charge in [-0.3, -0.25) is 0 Å². The van der Waals surface area contributed by atoms with E-state index in [0.717, 1.165) is 0 Å². The van der Waals surface area contributed by atoms with Crippen LogP contribution in [0.25, 0.3) is 0 Å². The van der Waals surface area contributed by atoms with Gasteiger partial charge in [0.2, 0.25) is 4.74 Å². The molecule has 7 heteroatoms. The quantitative estimate of drug-likeness (QED) is 0.544. The molecule has 0 fully saturated rings. The van der Waals surface area contributed by atoms with Gasteiger partial charge >= 0.3 is 5.92 Å². The van der Waals surface area contributed by atoms with Gasteiger partial charge in [0.05, 0.1) is 0 Å². The van der Waals surface area contributed by atoms with Crippen LogP contribution in [0.5, 0.6) is 0 Å². The van der Waals surface area contributed by atoms with Crippen LogP contribution in [-0.2, 0) is 11.8 Å². The van der Waals surface area contributed by atoms with Gasteiger partial charge in [-0.15, -0.1) is 0 Å². The van der Waals surface area contributed by atoms with Gasteiger partial charge < -0.3 is 0 Å². The summed E-state index contributed by atoms with van der Waals surface area (Å²) >= 11 is 12.9. The first-order chi connectivity index (χ1) is 3.25. The van der Waals surface area contributed by atoms with E-state index in [0.29, 0.717) is 0 Å². The summed E-state index contributed by atoms with van der Waals surface area (Å²) in [5, 5.41) is 0. The van der Waals surface area contributed by atoms with Gasteiger partial charge in [0.15, 0.2) is 0 Å². The van der Waals surface area contributed by atoms with Gasteiger partial charge in [-0.25, -0.2) is 0 Å². The van der Waals surface area contributed by atoms with E-state index in [1.165, 1.54) is 0 Å². The fourth-order valence-corrected chi connectivity index (χ4v) is 0. The molecule has 8 heavy (non-hydrogen) atoms. The van der Waals surface area contributed by atoms with Crippen LogP contribution in [-0.4, -0.2) is 5.92 Å². The van der Waals surface area contributed by atoms with Crippen LogP contribution in [0, 0.1) is 0 Å². The summed E-state index contributed by atoms with van der Waals surface area (Å²) in [5.74, 6) is -4.61. The van der Waals surface area contributed by atoms with Crippen molar-refractivity contribution in [3.8, 4) is 0 Å². The van der Waals surface area contributed by atoms with Crippen LogP contribution in [0.3, 0.4) is 0 Å². The van der Waals surface area contributed by atoms with Crippen molar-refractivity contribution in [3.63, 3.8) is 0 Å². The predicted octanol–water partition coefficient (Wildman–Crippen LogP) is 3.29. The summed E-state index contributed by atoms with van der Waals surface area (Å²) in [6.45, 7) is 0. The predicted molar refractivity (Wildman–Crippen MR) is 32.0 cm³/mol. The Hall–Kier alpha value is 1.02. The molecule has 0 aromatic heterocycles. The third-order valence-corrected chi connectivity index (χ3v) is 2.66. The van der Waals surface area contributed by atoms with E-state index in [9.17, 15) is 13.2 Å². The maximum Gasteiger partial charge on any atom is 0.441 e. The lowest BCUT2D eigenvalue weighted by Crippen LogP contribution is -1.99. The molecular formula is CCl2F3PS. The molecule has 0 aromatic rings. The van der Waals surface area contributed by atoms with Crippen LogP contribution in [0.15, 0.2) is 0 Å². The molecule has 0 atom stereocenters. The van der Waals surface area contributed by atoms with E-state index in [1.807, 2.05) is 0 Å². The summed E-state index contributed by atoms with van der Waals surface area (Å²) in [5.41, 5.74) is 0. The van der Waals surface area contributed by atoms with E-state index in [2.05, 4.69) is 34.3 Å². The molecule has 0 unspecified atom stereocenters. The average Bonchev–Trinajstić information content (AvgIpc) is 1.25. The second kappa shape index (κ2) is 2.33. The van der Waals surface area contributed by atoms with Crippen molar-refractivity contribution in [1.29, 1.82) is 0 Å². The second-order valence-corrected chi connectivity index (χ2v) is 8.77. The third kappa shape index (κ3) is 2.53. The number of alkyl halides is 3. The Balaban J connectivity index is 4.26. The lowest BCUT2D eigenvalue weighted by Gasteiger charge is -2.07. The Morgan fingerprint density at radius 3 is 1.38 bits per heavy atom. The van der Waals surface area contributed by atoms with Crippen molar-refractivity contribution in [2.75, 3.05) is 0 Å². The highest BCUT2D eigenvalue weighted by atomic mass is 35.9. The van der Waals surface area contributed by atoms with E-state index in [1.54, 1.807) is 0 Å². The number of hydrogen-bond donors (Lipinski definition) is 0. The van der Waals surface area contributed by atoms with E-state index in [4.69, 9.17) is 0 Å². The topological polar surface area (TPSA) is 0 Å². The molecule has 0 saturated heterocycles. The Morgan fingerprint density at radius 1 is 1.25 bits per heavy atom. The van der Waals surface area contributed by atoms with E-state index >= 15 is 0 Å². The zero-order valence-corrected chi connectivity index (χ0v) is 6.47. The number of rotatable bonds is 0. The van der Waals surface area contributed by atoms with Gasteiger partial charge in [0.1, 0.15) is 0 Å². The largest absolute Gasteiger partial charge is 0.441 e. The minimum absolute atomic E-state index is 3.74. The zero-order chi connectivity index (χ0) is 7.00. The minimum Gasteiger partial charge on any atom is -0.164 e. The highest BCUT2D eigenvalue weighted by Crippen LogP contribution is 2.69. The lowest BCUT2D eigenvalue weighted by atomic mass is 11.6. The Morgan fingerprint density at radius 2 is 1.38 bits per heavy atom. The Labute approximate surface area is 58.5 Å². The fraction of sp³-hybridized carbons (Fsp3) is 1.00. The molecule has 0 aliphatic rings. The molecule has 0 amide bonds. The summed E-state index contributed by atoms with van der Waals surface area (Å²) < 4.78 is 29.7. The molecule has 50 valence electrons. The van der Waals surface area contributed by atoms with Crippen LogP contribution in [0.1, 0.15) is 0 Å². The fourth-order valence-electron chi connectivity index (χ4n) is 0. The Kier molecular flexibility index (Phi) is 2.63. The first kappa shape index (κ1) is 9.02. The molecule has 0 radical (unpaired) electrons. The SMILES string of the molecule is FC(F)(F)P(=S)(Cl)Cl. The van der Waals surface area contributed by atoms with Crippen molar-refractivity contribution in [3.05, 3.63) is 0 Å². The molecule has 0 bridgehead atoms. The van der Waals surface area contributed by atoms with Crippen molar-refractivity contribution in [2.24, 2.45) is 0 Å². The first-order valence-corrected chi connectivity index (χ1v) is 5.92. The molecular weight excluding hydrogens is 203 g/mol. The lowest BCUT2D eigenvalue weighted by molar-refractivity contribution is -0.0369. The molecule has 0 rings (SSSR count). The van der Waals surface area contributed by atoms with E-state index in [-0.39, 0.29) is 0 Å². The second-order valence-electron chi connectivity index (χ2n) is 0.930. The molecule has 0 aliphatic carbocycles. The van der Waals surface area contributed by atoms with Crippen LogP contribution in [0.4, 0.5) is 13.2 Å². The molecule has 0 aliphatic heterocycles. The molecule has 0 nitrogen and oxygen atoms in total. The highest BCUT2D eigenvalue weighted by molar-refractivity contribution is 8.39. The van der Waals surface area contributed by atoms with Crippen molar-refractivity contribution >= 4 is 39.0 Å². The van der Waals surface area contributed by atoms with Crippen molar-refractivity contribution in [2.45, 2.75) is 5.92 Å². The molecule has 0 saturated carbocycles. The highest BCUT2D eigenvalue weighted by Gasteiger charge is 2.43. The molecule has 0 N–H and O–H groups in total.